The highest BCUT2D eigenvalue weighted by Gasteiger charge is 2.61. The highest BCUT2D eigenvalue weighted by atomic mass is 19.4. The lowest BCUT2D eigenvalue weighted by Crippen LogP contribution is -2.53. The molecule has 2 aliphatic rings. The van der Waals surface area contributed by atoms with E-state index in [-0.39, 0.29) is 19.5 Å². The summed E-state index contributed by atoms with van der Waals surface area (Å²) >= 11 is 0. The highest BCUT2D eigenvalue weighted by molar-refractivity contribution is 5.84. The molecule has 0 radical (unpaired) electrons. The molecular weight excluding hydrogens is 269 g/mol. The first kappa shape index (κ1) is 15.6. The average molecular weight is 292 g/mol. The summed E-state index contributed by atoms with van der Waals surface area (Å²) in [6.07, 6.45) is -0.363. The van der Waals surface area contributed by atoms with E-state index in [2.05, 4.69) is 17.6 Å². The van der Waals surface area contributed by atoms with E-state index in [1.54, 1.807) is 0 Å². The Bertz CT molecular complexity index is 351. The van der Waals surface area contributed by atoms with Crippen molar-refractivity contribution in [3.05, 3.63) is 0 Å². The van der Waals surface area contributed by atoms with Crippen molar-refractivity contribution >= 4 is 5.91 Å². The van der Waals surface area contributed by atoms with Crippen molar-refractivity contribution in [3.63, 3.8) is 0 Å². The fourth-order valence-corrected chi connectivity index (χ4v) is 3.41. The van der Waals surface area contributed by atoms with Crippen molar-refractivity contribution in [2.75, 3.05) is 19.6 Å². The summed E-state index contributed by atoms with van der Waals surface area (Å²) in [6.45, 7) is 2.48. The Kier molecular flexibility index (Phi) is 4.62. The van der Waals surface area contributed by atoms with E-state index in [0.29, 0.717) is 18.4 Å². The zero-order valence-electron chi connectivity index (χ0n) is 11.9. The number of carbonyl (C=O) groups is 1. The van der Waals surface area contributed by atoms with Crippen molar-refractivity contribution in [2.24, 2.45) is 17.3 Å². The van der Waals surface area contributed by atoms with Gasteiger partial charge >= 0.3 is 6.18 Å². The first-order valence-corrected chi connectivity index (χ1v) is 7.41. The van der Waals surface area contributed by atoms with E-state index in [0.717, 1.165) is 19.3 Å². The van der Waals surface area contributed by atoms with Gasteiger partial charge in [-0.05, 0) is 37.6 Å². The van der Waals surface area contributed by atoms with Crippen LogP contribution in [0.5, 0.6) is 0 Å². The molecule has 0 aromatic carbocycles. The second-order valence-electron chi connectivity index (χ2n) is 6.35. The minimum absolute atomic E-state index is 0.163. The Labute approximate surface area is 117 Å². The van der Waals surface area contributed by atoms with Crippen LogP contribution in [0.15, 0.2) is 0 Å². The normalized spacial score (nSPS) is 35.0. The smallest absolute Gasteiger partial charge is 0.355 e. The average Bonchev–Trinajstić information content (AvgIpc) is 2.86. The monoisotopic (exact) mass is 292 g/mol. The lowest BCUT2D eigenvalue weighted by molar-refractivity contribution is -0.216. The third kappa shape index (κ3) is 3.10. The number of carbonyl (C=O) groups excluding carboxylic acids is 1. The van der Waals surface area contributed by atoms with Gasteiger partial charge in [0, 0.05) is 13.1 Å². The van der Waals surface area contributed by atoms with E-state index in [4.69, 9.17) is 0 Å². The molecule has 20 heavy (non-hydrogen) atoms. The van der Waals surface area contributed by atoms with Crippen molar-refractivity contribution < 1.29 is 18.0 Å². The van der Waals surface area contributed by atoms with Crippen LogP contribution in [0, 0.1) is 17.3 Å². The van der Waals surface area contributed by atoms with E-state index in [9.17, 15) is 18.0 Å². The minimum Gasteiger partial charge on any atom is -0.355 e. The molecule has 2 fully saturated rings. The first-order valence-electron chi connectivity index (χ1n) is 7.41. The fraction of sp³-hybridized carbons (Fsp3) is 0.929. The van der Waals surface area contributed by atoms with Crippen LogP contribution in [0.3, 0.4) is 0 Å². The highest BCUT2D eigenvalue weighted by Crippen LogP contribution is 2.43. The first-order chi connectivity index (χ1) is 9.35. The summed E-state index contributed by atoms with van der Waals surface area (Å²) in [5, 5.41) is 5.23. The molecule has 1 amide bonds. The van der Waals surface area contributed by atoms with Gasteiger partial charge in [0.2, 0.25) is 5.91 Å². The molecule has 0 aromatic heterocycles. The Hall–Kier alpha value is -0.780. The van der Waals surface area contributed by atoms with Gasteiger partial charge in [-0.2, -0.15) is 13.2 Å². The lowest BCUT2D eigenvalue weighted by atomic mass is 9.81. The number of hydrogen-bond acceptors (Lipinski definition) is 2. The predicted molar refractivity (Wildman–Crippen MR) is 70.1 cm³/mol. The molecule has 3 unspecified atom stereocenters. The van der Waals surface area contributed by atoms with Gasteiger partial charge in [0.1, 0.15) is 0 Å². The molecule has 1 saturated carbocycles. The summed E-state index contributed by atoms with van der Waals surface area (Å²) in [5.41, 5.74) is -2.23. The quantitative estimate of drug-likeness (QED) is 0.839. The van der Waals surface area contributed by atoms with Crippen LogP contribution in [-0.4, -0.2) is 31.7 Å². The van der Waals surface area contributed by atoms with E-state index < -0.39 is 17.5 Å². The van der Waals surface area contributed by atoms with Crippen LogP contribution in [0.4, 0.5) is 13.2 Å². The van der Waals surface area contributed by atoms with Crippen molar-refractivity contribution in [3.8, 4) is 0 Å². The molecule has 116 valence electrons. The Morgan fingerprint density at radius 1 is 1.40 bits per heavy atom. The summed E-state index contributed by atoms with van der Waals surface area (Å²) in [7, 11) is 0. The Morgan fingerprint density at radius 2 is 2.15 bits per heavy atom. The molecule has 0 aromatic rings. The molecule has 1 heterocycles. The molecule has 2 N–H and O–H groups in total. The third-order valence-electron chi connectivity index (χ3n) is 4.73. The number of alkyl halides is 3. The standard InChI is InChI=1S/C14H23F3N2O/c1-10-3-2-4-11(7-10)8-19-12(20)13(14(15,16)17)5-6-18-9-13/h10-11,18H,2-9H2,1H3,(H,19,20). The molecule has 3 atom stereocenters. The molecular formula is C14H23F3N2O. The molecule has 2 rings (SSSR count). The summed E-state index contributed by atoms with van der Waals surface area (Å²) in [6, 6.07) is 0. The fourth-order valence-electron chi connectivity index (χ4n) is 3.41. The Balaban J connectivity index is 1.93. The zero-order chi connectivity index (χ0) is 14.8. The van der Waals surface area contributed by atoms with E-state index >= 15 is 0 Å². The van der Waals surface area contributed by atoms with Crippen molar-refractivity contribution in [2.45, 2.75) is 45.2 Å². The van der Waals surface area contributed by atoms with Crippen LogP contribution in [0.2, 0.25) is 0 Å². The minimum atomic E-state index is -4.49. The SMILES string of the molecule is CC1CCCC(CNC(=O)C2(C(F)(F)F)CCNC2)C1. The lowest BCUT2D eigenvalue weighted by Gasteiger charge is -2.31. The number of nitrogens with one attached hydrogen (secondary N) is 2. The maximum absolute atomic E-state index is 13.2. The number of amides is 1. The van der Waals surface area contributed by atoms with Gasteiger partial charge in [-0.3, -0.25) is 4.79 Å². The Morgan fingerprint density at radius 3 is 2.70 bits per heavy atom. The molecule has 0 bridgehead atoms. The maximum Gasteiger partial charge on any atom is 0.404 e. The van der Waals surface area contributed by atoms with Gasteiger partial charge in [-0.15, -0.1) is 0 Å². The largest absolute Gasteiger partial charge is 0.404 e. The van der Waals surface area contributed by atoms with Gasteiger partial charge in [0.05, 0.1) is 0 Å². The summed E-state index contributed by atoms with van der Waals surface area (Å²) < 4.78 is 39.6. The second kappa shape index (κ2) is 5.92. The van der Waals surface area contributed by atoms with Gasteiger partial charge in [-0.25, -0.2) is 0 Å². The predicted octanol–water partition coefficient (Wildman–Crippen LogP) is 2.47. The van der Waals surface area contributed by atoms with Gasteiger partial charge in [-0.1, -0.05) is 19.8 Å². The van der Waals surface area contributed by atoms with Gasteiger partial charge in [0.25, 0.3) is 0 Å². The van der Waals surface area contributed by atoms with Crippen molar-refractivity contribution in [1.82, 2.24) is 10.6 Å². The van der Waals surface area contributed by atoms with Gasteiger partial charge in [0.15, 0.2) is 5.41 Å². The molecule has 1 aliphatic carbocycles. The summed E-state index contributed by atoms with van der Waals surface area (Å²) in [4.78, 5) is 12.1. The third-order valence-corrected chi connectivity index (χ3v) is 4.73. The number of hydrogen-bond donors (Lipinski definition) is 2. The van der Waals surface area contributed by atoms with E-state index in [1.165, 1.54) is 6.42 Å². The molecule has 0 spiro atoms. The van der Waals surface area contributed by atoms with Crippen LogP contribution < -0.4 is 10.6 Å². The van der Waals surface area contributed by atoms with Crippen LogP contribution in [0.25, 0.3) is 0 Å². The maximum atomic E-state index is 13.2. The summed E-state index contributed by atoms with van der Waals surface area (Å²) in [5.74, 6) is 0.0750. The zero-order valence-corrected chi connectivity index (χ0v) is 11.9. The van der Waals surface area contributed by atoms with Crippen LogP contribution >= 0.6 is 0 Å². The molecule has 1 saturated heterocycles. The molecule has 6 heteroatoms. The van der Waals surface area contributed by atoms with Crippen LogP contribution in [0.1, 0.15) is 39.0 Å². The molecule has 3 nitrogen and oxygen atoms in total. The second-order valence-corrected chi connectivity index (χ2v) is 6.35. The topological polar surface area (TPSA) is 41.1 Å². The number of rotatable bonds is 3. The molecule has 1 aliphatic heterocycles. The van der Waals surface area contributed by atoms with Crippen LogP contribution in [-0.2, 0) is 4.79 Å². The number of halogens is 3. The van der Waals surface area contributed by atoms with Crippen molar-refractivity contribution in [1.29, 1.82) is 0 Å². The van der Waals surface area contributed by atoms with E-state index in [1.807, 2.05) is 0 Å². The van der Waals surface area contributed by atoms with Gasteiger partial charge < -0.3 is 10.6 Å².